The van der Waals surface area contributed by atoms with E-state index < -0.39 is 0 Å². The van der Waals surface area contributed by atoms with Gasteiger partial charge in [-0.05, 0) is 54.5 Å². The number of rotatable bonds is 8. The van der Waals surface area contributed by atoms with Crippen molar-refractivity contribution < 1.29 is 14.3 Å². The van der Waals surface area contributed by atoms with Gasteiger partial charge in [0, 0.05) is 6.42 Å². The Bertz CT molecular complexity index is 661. The molecule has 0 bridgehead atoms. The van der Waals surface area contributed by atoms with Crippen molar-refractivity contribution in [1.82, 2.24) is 0 Å². The van der Waals surface area contributed by atoms with E-state index in [1.165, 1.54) is 18.2 Å². The first-order valence-electron chi connectivity index (χ1n) is 7.91. The molecule has 0 aromatic heterocycles. The Morgan fingerprint density at radius 3 is 2.22 bits per heavy atom. The van der Waals surface area contributed by atoms with E-state index in [0.717, 1.165) is 37.5 Å². The molecule has 23 heavy (non-hydrogen) atoms. The van der Waals surface area contributed by atoms with E-state index in [1.54, 1.807) is 6.07 Å². The van der Waals surface area contributed by atoms with Crippen LogP contribution in [-0.2, 0) is 28.8 Å². The van der Waals surface area contributed by atoms with Crippen molar-refractivity contribution >= 4 is 12.3 Å². The van der Waals surface area contributed by atoms with Crippen LogP contribution in [-0.4, -0.2) is 19.4 Å². The zero-order valence-corrected chi connectivity index (χ0v) is 13.5. The SMILES string of the molecule is COC(=O)c1cccc(CCCc2cccc(CCC=O)c2)c1. The Kier molecular flexibility index (Phi) is 6.55. The third kappa shape index (κ3) is 5.37. The number of carbonyl (C=O) groups is 2. The van der Waals surface area contributed by atoms with Crippen LogP contribution in [0.4, 0.5) is 0 Å². The molecule has 0 N–H and O–H groups in total. The first kappa shape index (κ1) is 16.9. The smallest absolute Gasteiger partial charge is 0.337 e. The predicted octanol–water partition coefficient (Wildman–Crippen LogP) is 3.78. The van der Waals surface area contributed by atoms with Gasteiger partial charge in [0.05, 0.1) is 12.7 Å². The van der Waals surface area contributed by atoms with Gasteiger partial charge in [-0.25, -0.2) is 4.79 Å². The van der Waals surface area contributed by atoms with Gasteiger partial charge in [-0.3, -0.25) is 0 Å². The fraction of sp³-hybridized carbons (Fsp3) is 0.300. The van der Waals surface area contributed by atoms with Crippen LogP contribution in [0.3, 0.4) is 0 Å². The summed E-state index contributed by atoms with van der Waals surface area (Å²) in [4.78, 5) is 22.0. The van der Waals surface area contributed by atoms with Gasteiger partial charge in [0.25, 0.3) is 0 Å². The molecule has 0 amide bonds. The standard InChI is InChI=1S/C20H22O3/c1-23-20(22)19-12-4-10-18(15-19)9-3-7-16-6-2-8-17(14-16)11-5-13-21/h2,4,6,8,10,12-15H,3,5,7,9,11H2,1H3. The minimum Gasteiger partial charge on any atom is -0.465 e. The molecule has 0 aliphatic heterocycles. The maximum absolute atomic E-state index is 11.5. The van der Waals surface area contributed by atoms with Crippen molar-refractivity contribution in [2.24, 2.45) is 0 Å². The molecule has 0 fully saturated rings. The largest absolute Gasteiger partial charge is 0.465 e. The number of hydrogen-bond acceptors (Lipinski definition) is 3. The molecular formula is C20H22O3. The molecule has 0 unspecified atom stereocenters. The Morgan fingerprint density at radius 1 is 0.957 bits per heavy atom. The second-order valence-electron chi connectivity index (χ2n) is 5.57. The number of hydrogen-bond donors (Lipinski definition) is 0. The number of aldehydes is 1. The van der Waals surface area contributed by atoms with Crippen molar-refractivity contribution in [3.05, 3.63) is 70.8 Å². The van der Waals surface area contributed by atoms with Gasteiger partial charge in [0.15, 0.2) is 0 Å². The van der Waals surface area contributed by atoms with Crippen LogP contribution in [0, 0.1) is 0 Å². The Morgan fingerprint density at radius 2 is 1.57 bits per heavy atom. The molecule has 0 spiro atoms. The van der Waals surface area contributed by atoms with Crippen molar-refractivity contribution in [2.75, 3.05) is 7.11 Å². The Balaban J connectivity index is 1.89. The zero-order chi connectivity index (χ0) is 16.5. The minimum atomic E-state index is -0.297. The summed E-state index contributed by atoms with van der Waals surface area (Å²) >= 11 is 0. The number of methoxy groups -OCH3 is 1. The topological polar surface area (TPSA) is 43.4 Å². The first-order chi connectivity index (χ1) is 11.2. The number of aryl methyl sites for hydroxylation is 3. The summed E-state index contributed by atoms with van der Waals surface area (Å²) < 4.78 is 4.75. The summed E-state index contributed by atoms with van der Waals surface area (Å²) in [6.45, 7) is 0. The van der Waals surface area contributed by atoms with Crippen molar-refractivity contribution in [1.29, 1.82) is 0 Å². The maximum Gasteiger partial charge on any atom is 0.337 e. The van der Waals surface area contributed by atoms with Crippen molar-refractivity contribution in [2.45, 2.75) is 32.1 Å². The number of benzene rings is 2. The fourth-order valence-electron chi connectivity index (χ4n) is 2.63. The molecule has 3 heteroatoms. The molecule has 3 nitrogen and oxygen atoms in total. The zero-order valence-electron chi connectivity index (χ0n) is 13.5. The van der Waals surface area contributed by atoms with Crippen molar-refractivity contribution in [3.8, 4) is 0 Å². The van der Waals surface area contributed by atoms with Crippen LogP contribution < -0.4 is 0 Å². The third-order valence-corrected chi connectivity index (χ3v) is 3.82. The van der Waals surface area contributed by atoms with Crippen molar-refractivity contribution in [3.63, 3.8) is 0 Å². The second kappa shape index (κ2) is 8.89. The second-order valence-corrected chi connectivity index (χ2v) is 5.57. The molecule has 2 aromatic rings. The van der Waals surface area contributed by atoms with Gasteiger partial charge >= 0.3 is 5.97 Å². The van der Waals surface area contributed by atoms with E-state index in [9.17, 15) is 9.59 Å². The number of carbonyl (C=O) groups excluding carboxylic acids is 2. The summed E-state index contributed by atoms with van der Waals surface area (Å²) in [5.74, 6) is -0.297. The molecule has 0 aliphatic rings. The summed E-state index contributed by atoms with van der Waals surface area (Å²) in [5, 5.41) is 0. The summed E-state index contributed by atoms with van der Waals surface area (Å²) in [6.07, 6.45) is 5.26. The molecule has 120 valence electrons. The highest BCUT2D eigenvalue weighted by Gasteiger charge is 2.05. The van der Waals surface area contributed by atoms with E-state index in [2.05, 4.69) is 18.2 Å². The molecule has 0 saturated carbocycles. The van der Waals surface area contributed by atoms with Gasteiger partial charge in [-0.2, -0.15) is 0 Å². The average molecular weight is 310 g/mol. The summed E-state index contributed by atoms with van der Waals surface area (Å²) in [6, 6.07) is 16.0. The summed E-state index contributed by atoms with van der Waals surface area (Å²) in [7, 11) is 1.40. The lowest BCUT2D eigenvalue weighted by atomic mass is 10.00. The Hall–Kier alpha value is -2.42. The highest BCUT2D eigenvalue weighted by Crippen LogP contribution is 2.13. The lowest BCUT2D eigenvalue weighted by Crippen LogP contribution is -2.01. The van der Waals surface area contributed by atoms with Gasteiger partial charge in [0.1, 0.15) is 6.29 Å². The van der Waals surface area contributed by atoms with Gasteiger partial charge < -0.3 is 9.53 Å². The van der Waals surface area contributed by atoms with Gasteiger partial charge in [-0.1, -0.05) is 36.4 Å². The van der Waals surface area contributed by atoms with E-state index in [1.807, 2.05) is 24.3 Å². The summed E-state index contributed by atoms with van der Waals surface area (Å²) in [5.41, 5.74) is 4.24. The fourth-order valence-corrected chi connectivity index (χ4v) is 2.63. The monoisotopic (exact) mass is 310 g/mol. The normalized spacial score (nSPS) is 10.3. The van der Waals surface area contributed by atoms with Crippen LogP contribution >= 0.6 is 0 Å². The number of ether oxygens (including phenoxy) is 1. The molecule has 2 aromatic carbocycles. The predicted molar refractivity (Wildman–Crippen MR) is 90.6 cm³/mol. The lowest BCUT2D eigenvalue weighted by Gasteiger charge is -2.06. The van der Waals surface area contributed by atoms with E-state index in [-0.39, 0.29) is 5.97 Å². The van der Waals surface area contributed by atoms with E-state index in [0.29, 0.717) is 12.0 Å². The molecule has 2 rings (SSSR count). The molecule has 0 heterocycles. The third-order valence-electron chi connectivity index (χ3n) is 3.82. The molecular weight excluding hydrogens is 288 g/mol. The maximum atomic E-state index is 11.5. The van der Waals surface area contributed by atoms with Crippen LogP contribution in [0.2, 0.25) is 0 Å². The molecule has 0 saturated heterocycles. The average Bonchev–Trinajstić information content (AvgIpc) is 2.60. The van der Waals surface area contributed by atoms with E-state index in [4.69, 9.17) is 4.74 Å². The molecule has 0 atom stereocenters. The van der Waals surface area contributed by atoms with E-state index >= 15 is 0 Å². The minimum absolute atomic E-state index is 0.297. The van der Waals surface area contributed by atoms with Crippen LogP contribution in [0.1, 0.15) is 39.9 Å². The van der Waals surface area contributed by atoms with Crippen LogP contribution in [0.5, 0.6) is 0 Å². The quantitative estimate of drug-likeness (QED) is 0.550. The van der Waals surface area contributed by atoms with Crippen LogP contribution in [0.25, 0.3) is 0 Å². The number of esters is 1. The first-order valence-corrected chi connectivity index (χ1v) is 7.91. The Labute approximate surface area is 137 Å². The molecule has 0 radical (unpaired) electrons. The highest BCUT2D eigenvalue weighted by atomic mass is 16.5. The highest BCUT2D eigenvalue weighted by molar-refractivity contribution is 5.89. The van der Waals surface area contributed by atoms with Gasteiger partial charge in [0.2, 0.25) is 0 Å². The lowest BCUT2D eigenvalue weighted by molar-refractivity contribution is -0.107. The van der Waals surface area contributed by atoms with Gasteiger partial charge in [-0.15, -0.1) is 0 Å². The molecule has 0 aliphatic carbocycles. The van der Waals surface area contributed by atoms with Crippen LogP contribution in [0.15, 0.2) is 48.5 Å².